The summed E-state index contributed by atoms with van der Waals surface area (Å²) in [6.07, 6.45) is 3.73. The fraction of sp³-hybridized carbons (Fsp3) is 0.333. The van der Waals surface area contributed by atoms with E-state index < -0.39 is 0 Å². The summed E-state index contributed by atoms with van der Waals surface area (Å²) in [5.41, 5.74) is 1.88. The van der Waals surface area contributed by atoms with Crippen molar-refractivity contribution in [3.8, 4) is 11.5 Å². The van der Waals surface area contributed by atoms with Crippen LogP contribution in [0.15, 0.2) is 60.8 Å². The van der Waals surface area contributed by atoms with Crippen molar-refractivity contribution in [3.63, 3.8) is 0 Å². The molecule has 7 heteroatoms. The Labute approximate surface area is 181 Å². The first-order valence-electron chi connectivity index (χ1n) is 10.8. The zero-order valence-electron chi connectivity index (χ0n) is 17.4. The topological polar surface area (TPSA) is 68.6 Å². The first-order chi connectivity index (χ1) is 15.3. The number of aromatic nitrogens is 2. The number of nitrogens with zero attached hydrogens (tertiary/aromatic N) is 3. The summed E-state index contributed by atoms with van der Waals surface area (Å²) in [7, 11) is 0. The van der Waals surface area contributed by atoms with Gasteiger partial charge in [0.05, 0.1) is 12.2 Å². The van der Waals surface area contributed by atoms with Crippen molar-refractivity contribution in [2.45, 2.75) is 25.4 Å². The summed E-state index contributed by atoms with van der Waals surface area (Å²) >= 11 is 0. The third-order valence-corrected chi connectivity index (χ3v) is 5.86. The predicted molar refractivity (Wildman–Crippen MR) is 118 cm³/mol. The molecule has 0 saturated carbocycles. The number of anilines is 1. The minimum Gasteiger partial charge on any atom is -0.486 e. The number of nitrogens with one attached hydrogen (secondary N) is 1. The number of piperidine rings is 1. The standard InChI is InChI=1S/C24H26N4O3/c29-24(19-4-2-1-3-5-19)26-23-8-11-25-28(23)20-9-12-27(13-10-20)17-18-6-7-21-22(16-18)31-15-14-30-21/h1-8,11,16,20H,9-10,12-15,17H2,(H,26,29). The largest absolute Gasteiger partial charge is 0.486 e. The molecular weight excluding hydrogens is 392 g/mol. The van der Waals surface area contributed by atoms with Gasteiger partial charge in [-0.3, -0.25) is 9.69 Å². The van der Waals surface area contributed by atoms with Gasteiger partial charge in [-0.15, -0.1) is 0 Å². The van der Waals surface area contributed by atoms with Crippen LogP contribution < -0.4 is 14.8 Å². The molecule has 7 nitrogen and oxygen atoms in total. The van der Waals surface area contributed by atoms with Crippen LogP contribution in [0.25, 0.3) is 0 Å². The molecule has 2 aliphatic heterocycles. The number of ether oxygens (including phenoxy) is 2. The molecule has 1 N–H and O–H groups in total. The van der Waals surface area contributed by atoms with Gasteiger partial charge in [-0.1, -0.05) is 24.3 Å². The van der Waals surface area contributed by atoms with E-state index >= 15 is 0 Å². The van der Waals surface area contributed by atoms with Crippen LogP contribution in [-0.4, -0.2) is 46.9 Å². The Morgan fingerprint density at radius 1 is 1.00 bits per heavy atom. The number of fused-ring (bicyclic) bond motifs is 1. The van der Waals surface area contributed by atoms with Crippen LogP contribution in [0, 0.1) is 0 Å². The molecule has 31 heavy (non-hydrogen) atoms. The summed E-state index contributed by atoms with van der Waals surface area (Å²) in [6, 6.07) is 17.6. The zero-order valence-corrected chi connectivity index (χ0v) is 17.4. The lowest BCUT2D eigenvalue weighted by molar-refractivity contribution is 0.102. The van der Waals surface area contributed by atoms with E-state index in [2.05, 4.69) is 27.4 Å². The van der Waals surface area contributed by atoms with Gasteiger partial charge in [-0.2, -0.15) is 5.10 Å². The Kier molecular flexibility index (Phi) is 5.58. The number of benzene rings is 2. The maximum Gasteiger partial charge on any atom is 0.256 e. The Balaban J connectivity index is 1.19. The summed E-state index contributed by atoms with van der Waals surface area (Å²) < 4.78 is 13.3. The van der Waals surface area contributed by atoms with E-state index in [9.17, 15) is 4.79 Å². The normalized spacial score (nSPS) is 16.8. The molecule has 3 aromatic rings. The lowest BCUT2D eigenvalue weighted by atomic mass is 10.0. The molecule has 1 fully saturated rings. The molecule has 160 valence electrons. The van der Waals surface area contributed by atoms with Gasteiger partial charge in [0.1, 0.15) is 19.0 Å². The average molecular weight is 418 g/mol. The SMILES string of the molecule is O=C(Nc1ccnn1C1CCN(Cc2ccc3c(c2)OCCO3)CC1)c1ccccc1. The van der Waals surface area contributed by atoms with Gasteiger partial charge in [0.25, 0.3) is 5.91 Å². The molecule has 0 atom stereocenters. The first kappa shape index (κ1) is 19.6. The number of amides is 1. The molecule has 2 aliphatic rings. The Morgan fingerprint density at radius 2 is 1.77 bits per heavy atom. The van der Waals surface area contributed by atoms with Crippen molar-refractivity contribution in [2.24, 2.45) is 0 Å². The number of likely N-dealkylation sites (tertiary alicyclic amines) is 1. The molecule has 1 aromatic heterocycles. The van der Waals surface area contributed by atoms with Crippen molar-refractivity contribution in [1.29, 1.82) is 0 Å². The third-order valence-electron chi connectivity index (χ3n) is 5.86. The summed E-state index contributed by atoms with van der Waals surface area (Å²) in [5, 5.41) is 7.50. The van der Waals surface area contributed by atoms with Crippen molar-refractivity contribution in [2.75, 3.05) is 31.6 Å². The molecule has 3 heterocycles. The monoisotopic (exact) mass is 418 g/mol. The van der Waals surface area contributed by atoms with Crippen LogP contribution >= 0.6 is 0 Å². The van der Waals surface area contributed by atoms with Crippen LogP contribution in [0.5, 0.6) is 11.5 Å². The van der Waals surface area contributed by atoms with Gasteiger partial charge in [0.2, 0.25) is 0 Å². The number of carbonyl (C=O) groups excluding carboxylic acids is 1. The Hall–Kier alpha value is -3.32. The first-order valence-corrected chi connectivity index (χ1v) is 10.8. The van der Waals surface area contributed by atoms with Gasteiger partial charge in [0.15, 0.2) is 11.5 Å². The van der Waals surface area contributed by atoms with Crippen LogP contribution in [-0.2, 0) is 6.54 Å². The van der Waals surface area contributed by atoms with E-state index in [-0.39, 0.29) is 11.9 Å². The van der Waals surface area contributed by atoms with Gasteiger partial charge in [-0.05, 0) is 42.7 Å². The minimum atomic E-state index is -0.113. The van der Waals surface area contributed by atoms with E-state index in [4.69, 9.17) is 9.47 Å². The maximum atomic E-state index is 12.5. The van der Waals surface area contributed by atoms with Crippen molar-refractivity contribution in [3.05, 3.63) is 71.9 Å². The smallest absolute Gasteiger partial charge is 0.256 e. The second-order valence-corrected chi connectivity index (χ2v) is 7.97. The number of carbonyl (C=O) groups is 1. The summed E-state index contributed by atoms with van der Waals surface area (Å²) in [5.74, 6) is 2.31. The highest BCUT2D eigenvalue weighted by atomic mass is 16.6. The molecule has 0 bridgehead atoms. The highest BCUT2D eigenvalue weighted by molar-refractivity contribution is 6.03. The summed E-state index contributed by atoms with van der Waals surface area (Å²) in [6.45, 7) is 4.06. The van der Waals surface area contributed by atoms with E-state index in [0.29, 0.717) is 18.8 Å². The van der Waals surface area contributed by atoms with E-state index in [0.717, 1.165) is 49.8 Å². The lowest BCUT2D eigenvalue weighted by Gasteiger charge is -2.33. The molecule has 0 unspecified atom stereocenters. The number of rotatable bonds is 5. The van der Waals surface area contributed by atoms with Crippen LogP contribution in [0.2, 0.25) is 0 Å². The highest BCUT2D eigenvalue weighted by Gasteiger charge is 2.24. The van der Waals surface area contributed by atoms with E-state index in [1.54, 1.807) is 6.20 Å². The second kappa shape index (κ2) is 8.81. The average Bonchev–Trinajstić information content (AvgIpc) is 3.28. The fourth-order valence-electron chi connectivity index (χ4n) is 4.25. The minimum absolute atomic E-state index is 0.113. The lowest BCUT2D eigenvalue weighted by Crippen LogP contribution is -2.35. The highest BCUT2D eigenvalue weighted by Crippen LogP contribution is 2.32. The molecule has 0 radical (unpaired) electrons. The van der Waals surface area contributed by atoms with E-state index in [1.165, 1.54) is 5.56 Å². The van der Waals surface area contributed by atoms with Gasteiger partial charge >= 0.3 is 0 Å². The number of hydrogen-bond acceptors (Lipinski definition) is 5. The Morgan fingerprint density at radius 3 is 2.58 bits per heavy atom. The molecule has 2 aromatic carbocycles. The molecule has 0 spiro atoms. The second-order valence-electron chi connectivity index (χ2n) is 7.97. The van der Waals surface area contributed by atoms with Crippen LogP contribution in [0.1, 0.15) is 34.8 Å². The molecule has 0 aliphatic carbocycles. The Bertz CT molecular complexity index is 1040. The fourth-order valence-corrected chi connectivity index (χ4v) is 4.25. The molecular formula is C24H26N4O3. The zero-order chi connectivity index (χ0) is 21.0. The van der Waals surface area contributed by atoms with Crippen molar-refractivity contribution < 1.29 is 14.3 Å². The van der Waals surface area contributed by atoms with Gasteiger partial charge < -0.3 is 14.8 Å². The quantitative estimate of drug-likeness (QED) is 0.684. The molecule has 1 amide bonds. The summed E-state index contributed by atoms with van der Waals surface area (Å²) in [4.78, 5) is 15.0. The predicted octanol–water partition coefficient (Wildman–Crippen LogP) is 3.74. The van der Waals surface area contributed by atoms with Crippen LogP contribution in [0.4, 0.5) is 5.82 Å². The molecule has 1 saturated heterocycles. The maximum absolute atomic E-state index is 12.5. The third kappa shape index (κ3) is 4.41. The van der Waals surface area contributed by atoms with Gasteiger partial charge in [0, 0.05) is 31.3 Å². The van der Waals surface area contributed by atoms with Crippen molar-refractivity contribution in [1.82, 2.24) is 14.7 Å². The number of hydrogen-bond donors (Lipinski definition) is 1. The van der Waals surface area contributed by atoms with Crippen molar-refractivity contribution >= 4 is 11.7 Å². The van der Waals surface area contributed by atoms with E-state index in [1.807, 2.05) is 47.1 Å². The van der Waals surface area contributed by atoms with Crippen LogP contribution in [0.3, 0.4) is 0 Å². The van der Waals surface area contributed by atoms with Gasteiger partial charge in [-0.25, -0.2) is 4.68 Å². The molecule has 5 rings (SSSR count).